The fourth-order valence-electron chi connectivity index (χ4n) is 1.77. The fraction of sp³-hybridized carbons (Fsp3) is 0.308. The van der Waals surface area contributed by atoms with Crippen LogP contribution in [0, 0.1) is 0 Å². The summed E-state index contributed by atoms with van der Waals surface area (Å²) in [6.45, 7) is 0.781. The Kier molecular flexibility index (Phi) is 3.94. The molecule has 3 N–H and O–H groups in total. The normalized spacial score (nSPS) is 15.0. The van der Waals surface area contributed by atoms with Crippen LogP contribution >= 0.6 is 0 Å². The average Bonchev–Trinajstić information content (AvgIpc) is 2.40. The third-order valence-electron chi connectivity index (χ3n) is 2.85. The van der Waals surface area contributed by atoms with Crippen LogP contribution < -0.4 is 15.8 Å². The number of fused-ring (bicyclic) bond motifs is 1. The van der Waals surface area contributed by atoms with Crippen molar-refractivity contribution in [1.82, 2.24) is 5.32 Å². The van der Waals surface area contributed by atoms with Crippen molar-refractivity contribution in [1.29, 1.82) is 0 Å². The molecule has 0 atom stereocenters. The number of nitrogens with two attached hydrogens (primary N) is 1. The first-order valence-corrected chi connectivity index (χ1v) is 5.72. The Bertz CT molecular complexity index is 486. The number of benzene rings is 1. The van der Waals surface area contributed by atoms with Gasteiger partial charge in [-0.3, -0.25) is 4.79 Å². The standard InChI is InChI=1S/C13H15FN2O2/c14-5-9(6-15)8-18-12-2-1-10-4-13(17)16-7-11(10)3-12/h1-3,5H,4,6-8,15H2,(H,16,17)/b9-5-. The Morgan fingerprint density at radius 2 is 2.33 bits per heavy atom. The Morgan fingerprint density at radius 1 is 1.50 bits per heavy atom. The molecule has 1 aliphatic rings. The van der Waals surface area contributed by atoms with Gasteiger partial charge >= 0.3 is 0 Å². The quantitative estimate of drug-likeness (QED) is 0.839. The maximum atomic E-state index is 12.3. The molecule has 1 amide bonds. The molecule has 18 heavy (non-hydrogen) atoms. The first-order valence-electron chi connectivity index (χ1n) is 5.72. The lowest BCUT2D eigenvalue weighted by Gasteiger charge is -2.17. The highest BCUT2D eigenvalue weighted by Gasteiger charge is 2.15. The third kappa shape index (κ3) is 2.87. The van der Waals surface area contributed by atoms with Gasteiger partial charge in [0.05, 0.1) is 12.8 Å². The molecule has 1 aromatic rings. The maximum absolute atomic E-state index is 12.3. The van der Waals surface area contributed by atoms with E-state index in [1.54, 1.807) is 6.07 Å². The van der Waals surface area contributed by atoms with Crippen LogP contribution in [0.4, 0.5) is 4.39 Å². The van der Waals surface area contributed by atoms with Gasteiger partial charge in [0.25, 0.3) is 0 Å². The number of hydrogen-bond donors (Lipinski definition) is 2. The smallest absolute Gasteiger partial charge is 0.224 e. The molecule has 0 radical (unpaired) electrons. The van der Waals surface area contributed by atoms with Gasteiger partial charge < -0.3 is 15.8 Å². The second-order valence-electron chi connectivity index (χ2n) is 4.14. The van der Waals surface area contributed by atoms with Gasteiger partial charge in [0.1, 0.15) is 12.4 Å². The van der Waals surface area contributed by atoms with Crippen LogP contribution in [0.5, 0.6) is 5.75 Å². The summed E-state index contributed by atoms with van der Waals surface area (Å²) >= 11 is 0. The predicted octanol–water partition coefficient (Wildman–Crippen LogP) is 1.05. The molecule has 4 nitrogen and oxygen atoms in total. The van der Waals surface area contributed by atoms with Gasteiger partial charge in [0.2, 0.25) is 5.91 Å². The number of amides is 1. The fourth-order valence-corrected chi connectivity index (χ4v) is 1.77. The topological polar surface area (TPSA) is 64.3 Å². The molecule has 2 rings (SSSR count). The zero-order valence-electron chi connectivity index (χ0n) is 9.91. The van der Waals surface area contributed by atoms with Crippen molar-refractivity contribution in [3.05, 3.63) is 41.2 Å². The summed E-state index contributed by atoms with van der Waals surface area (Å²) in [7, 11) is 0. The van der Waals surface area contributed by atoms with Crippen LogP contribution in [-0.4, -0.2) is 19.1 Å². The largest absolute Gasteiger partial charge is 0.489 e. The number of carbonyl (C=O) groups is 1. The molecule has 0 spiro atoms. The van der Waals surface area contributed by atoms with Gasteiger partial charge in [-0.1, -0.05) is 6.07 Å². The summed E-state index contributed by atoms with van der Waals surface area (Å²) in [5.41, 5.74) is 7.78. The minimum Gasteiger partial charge on any atom is -0.489 e. The summed E-state index contributed by atoms with van der Waals surface area (Å²) in [5.74, 6) is 0.680. The molecule has 0 saturated carbocycles. The SMILES string of the molecule is NC/C(=C/F)COc1ccc2c(c1)CNC(=O)C2. The molecular formula is C13H15FN2O2. The molecule has 0 aliphatic carbocycles. The van der Waals surface area contributed by atoms with Gasteiger partial charge in [0, 0.05) is 18.7 Å². The zero-order chi connectivity index (χ0) is 13.0. The Balaban J connectivity index is 2.05. The molecule has 1 aromatic carbocycles. The highest BCUT2D eigenvalue weighted by molar-refractivity contribution is 5.80. The summed E-state index contributed by atoms with van der Waals surface area (Å²) in [4.78, 5) is 11.2. The summed E-state index contributed by atoms with van der Waals surface area (Å²) in [6, 6.07) is 5.51. The van der Waals surface area contributed by atoms with Crippen molar-refractivity contribution in [2.24, 2.45) is 5.73 Å². The minimum atomic E-state index is 0.0296. The number of carbonyl (C=O) groups excluding carboxylic acids is 1. The van der Waals surface area contributed by atoms with E-state index in [9.17, 15) is 9.18 Å². The van der Waals surface area contributed by atoms with E-state index in [1.807, 2.05) is 12.1 Å². The molecular weight excluding hydrogens is 235 g/mol. The Labute approximate surface area is 105 Å². The lowest BCUT2D eigenvalue weighted by Crippen LogP contribution is -2.30. The first-order chi connectivity index (χ1) is 8.72. The van der Waals surface area contributed by atoms with Crippen LogP contribution in [0.3, 0.4) is 0 Å². The first kappa shape index (κ1) is 12.6. The molecule has 5 heteroatoms. The lowest BCUT2D eigenvalue weighted by molar-refractivity contribution is -0.121. The number of nitrogens with one attached hydrogen (secondary N) is 1. The van der Waals surface area contributed by atoms with Gasteiger partial charge in [-0.15, -0.1) is 0 Å². The Hall–Kier alpha value is -1.88. The third-order valence-corrected chi connectivity index (χ3v) is 2.85. The van der Waals surface area contributed by atoms with Crippen LogP contribution in [0.25, 0.3) is 0 Å². The van der Waals surface area contributed by atoms with E-state index in [4.69, 9.17) is 10.5 Å². The monoisotopic (exact) mass is 250 g/mol. The van der Waals surface area contributed by atoms with E-state index in [1.165, 1.54) is 0 Å². The van der Waals surface area contributed by atoms with E-state index in [-0.39, 0.29) is 19.1 Å². The number of halogens is 1. The van der Waals surface area contributed by atoms with Crippen LogP contribution in [-0.2, 0) is 17.8 Å². The molecule has 0 fully saturated rings. The second-order valence-corrected chi connectivity index (χ2v) is 4.14. The number of hydrogen-bond acceptors (Lipinski definition) is 3. The molecule has 1 heterocycles. The van der Waals surface area contributed by atoms with Crippen molar-refractivity contribution < 1.29 is 13.9 Å². The van der Waals surface area contributed by atoms with E-state index < -0.39 is 0 Å². The molecule has 0 unspecified atom stereocenters. The molecule has 1 aliphatic heterocycles. The highest BCUT2D eigenvalue weighted by atomic mass is 19.1. The Morgan fingerprint density at radius 3 is 3.06 bits per heavy atom. The van der Waals surface area contributed by atoms with Gasteiger partial charge in [-0.25, -0.2) is 4.39 Å². The molecule has 0 bridgehead atoms. The predicted molar refractivity (Wildman–Crippen MR) is 65.7 cm³/mol. The minimum absolute atomic E-state index is 0.0296. The highest BCUT2D eigenvalue weighted by Crippen LogP contribution is 2.21. The van der Waals surface area contributed by atoms with Crippen molar-refractivity contribution >= 4 is 5.91 Å². The van der Waals surface area contributed by atoms with E-state index >= 15 is 0 Å². The van der Waals surface area contributed by atoms with E-state index in [0.29, 0.717) is 30.6 Å². The van der Waals surface area contributed by atoms with Crippen molar-refractivity contribution in [2.45, 2.75) is 13.0 Å². The number of ether oxygens (including phenoxy) is 1. The van der Waals surface area contributed by atoms with Crippen LogP contribution in [0.1, 0.15) is 11.1 Å². The lowest BCUT2D eigenvalue weighted by atomic mass is 10.0. The molecule has 0 aromatic heterocycles. The summed E-state index contributed by atoms with van der Waals surface area (Å²) < 4.78 is 17.7. The van der Waals surface area contributed by atoms with E-state index in [2.05, 4.69) is 5.32 Å². The molecule has 0 saturated heterocycles. The zero-order valence-corrected chi connectivity index (χ0v) is 9.91. The van der Waals surface area contributed by atoms with Crippen LogP contribution in [0.15, 0.2) is 30.1 Å². The summed E-state index contributed by atoms with van der Waals surface area (Å²) in [6.07, 6.45) is 0.868. The maximum Gasteiger partial charge on any atom is 0.224 e. The summed E-state index contributed by atoms with van der Waals surface area (Å²) in [5, 5.41) is 2.77. The number of rotatable bonds is 4. The van der Waals surface area contributed by atoms with Crippen molar-refractivity contribution in [3.8, 4) is 5.75 Å². The van der Waals surface area contributed by atoms with Crippen molar-refractivity contribution in [2.75, 3.05) is 13.2 Å². The van der Waals surface area contributed by atoms with E-state index in [0.717, 1.165) is 11.1 Å². The van der Waals surface area contributed by atoms with Crippen molar-refractivity contribution in [3.63, 3.8) is 0 Å². The van der Waals surface area contributed by atoms with Gasteiger partial charge in [-0.05, 0) is 23.3 Å². The van der Waals surface area contributed by atoms with Gasteiger partial charge in [0.15, 0.2) is 0 Å². The van der Waals surface area contributed by atoms with Crippen LogP contribution in [0.2, 0.25) is 0 Å². The second kappa shape index (κ2) is 5.64. The average molecular weight is 250 g/mol. The van der Waals surface area contributed by atoms with Gasteiger partial charge in [-0.2, -0.15) is 0 Å². The molecule has 96 valence electrons.